The molecule has 5 rings (SSSR count). The molecule has 14 heteroatoms. The second kappa shape index (κ2) is 12.0. The molecule has 3 heterocycles. The fourth-order valence-electron chi connectivity index (χ4n) is 5.67. The van der Waals surface area contributed by atoms with Crippen LogP contribution in [0.1, 0.15) is 56.8 Å². The minimum Gasteiger partial charge on any atom is -0.495 e. The quantitative estimate of drug-likeness (QED) is 0.471. The number of aromatic nitrogens is 2. The number of carbonyl (C=O) groups is 3. The van der Waals surface area contributed by atoms with Gasteiger partial charge in [0.2, 0.25) is 5.95 Å². The van der Waals surface area contributed by atoms with Crippen molar-refractivity contribution in [2.24, 2.45) is 5.92 Å². The van der Waals surface area contributed by atoms with E-state index in [9.17, 15) is 23.2 Å². The van der Waals surface area contributed by atoms with Gasteiger partial charge < -0.3 is 34.8 Å². The lowest BCUT2D eigenvalue weighted by atomic mass is 10.0. The third kappa shape index (κ3) is 6.63. The molecule has 3 aliphatic rings. The van der Waals surface area contributed by atoms with E-state index >= 15 is 0 Å². The minimum atomic E-state index is -3.57. The molecule has 1 saturated carbocycles. The average Bonchev–Trinajstić information content (AvgIpc) is 3.46. The Morgan fingerprint density at radius 3 is 2.52 bits per heavy atom. The van der Waals surface area contributed by atoms with Crippen LogP contribution in [0.2, 0.25) is 0 Å². The summed E-state index contributed by atoms with van der Waals surface area (Å²) < 4.78 is 40.7. The van der Waals surface area contributed by atoms with Gasteiger partial charge in [-0.2, -0.15) is 13.8 Å². The van der Waals surface area contributed by atoms with Gasteiger partial charge in [-0.1, -0.05) is 12.8 Å². The molecule has 12 nitrogen and oxygen atoms in total. The highest BCUT2D eigenvalue weighted by molar-refractivity contribution is 6.02. The first-order chi connectivity index (χ1) is 20.8. The topological polar surface area (TPSA) is 129 Å². The second-order valence-corrected chi connectivity index (χ2v) is 12.5. The molecule has 1 aliphatic carbocycles. The van der Waals surface area contributed by atoms with Gasteiger partial charge in [-0.3, -0.25) is 9.59 Å². The van der Waals surface area contributed by atoms with Crippen molar-refractivity contribution in [1.29, 1.82) is 0 Å². The third-order valence-electron chi connectivity index (χ3n) is 8.01. The summed E-state index contributed by atoms with van der Waals surface area (Å²) in [5.41, 5.74) is 0.483. The zero-order valence-electron chi connectivity index (χ0n) is 25.7. The molecule has 1 aromatic heterocycles. The SMILES string of the molecule is COc1cc(C(=O)NCC2CN(C(=O)OC(C)(C)C)C2)ccc1Nc1ncc2c(n1)N(C1CCCC1)CC(F)(F)C(=O)N2C. The Kier molecular flexibility index (Phi) is 8.54. The van der Waals surface area contributed by atoms with E-state index in [1.165, 1.54) is 25.3 Å². The number of hydrogen-bond donors (Lipinski definition) is 2. The number of nitrogens with zero attached hydrogens (tertiary/aromatic N) is 5. The Hall–Kier alpha value is -4.23. The number of benzene rings is 1. The summed E-state index contributed by atoms with van der Waals surface area (Å²) in [7, 11) is 2.77. The van der Waals surface area contributed by atoms with E-state index in [4.69, 9.17) is 9.47 Å². The van der Waals surface area contributed by atoms with Crippen LogP contribution in [-0.2, 0) is 9.53 Å². The maximum Gasteiger partial charge on any atom is 0.410 e. The number of likely N-dealkylation sites (tertiary alicyclic amines) is 1. The Bertz CT molecular complexity index is 1420. The molecule has 0 radical (unpaired) electrons. The van der Waals surface area contributed by atoms with Crippen LogP contribution < -0.4 is 25.2 Å². The van der Waals surface area contributed by atoms with E-state index in [0.717, 1.165) is 30.6 Å². The van der Waals surface area contributed by atoms with Crippen molar-refractivity contribution in [2.75, 3.05) is 55.5 Å². The van der Waals surface area contributed by atoms with Gasteiger partial charge in [0.1, 0.15) is 17.0 Å². The van der Waals surface area contributed by atoms with Crippen LogP contribution in [0, 0.1) is 5.92 Å². The Morgan fingerprint density at radius 1 is 1.16 bits per heavy atom. The lowest BCUT2D eigenvalue weighted by molar-refractivity contribution is -0.140. The second-order valence-electron chi connectivity index (χ2n) is 12.5. The third-order valence-corrected chi connectivity index (χ3v) is 8.01. The molecular formula is C30H39F2N7O5. The van der Waals surface area contributed by atoms with E-state index in [1.807, 2.05) is 20.8 Å². The summed E-state index contributed by atoms with van der Waals surface area (Å²) in [6.45, 7) is 6.09. The fourth-order valence-corrected chi connectivity index (χ4v) is 5.67. The van der Waals surface area contributed by atoms with E-state index < -0.39 is 24.0 Å². The average molecular weight is 616 g/mol. The first-order valence-electron chi connectivity index (χ1n) is 14.8. The number of methoxy groups -OCH3 is 1. The van der Waals surface area contributed by atoms with Crippen molar-refractivity contribution >= 4 is 41.0 Å². The fraction of sp³-hybridized carbons (Fsp3) is 0.567. The first-order valence-corrected chi connectivity index (χ1v) is 14.8. The van der Waals surface area contributed by atoms with Crippen molar-refractivity contribution in [3.8, 4) is 5.75 Å². The molecule has 1 aromatic carbocycles. The van der Waals surface area contributed by atoms with Gasteiger partial charge in [-0.05, 0) is 51.8 Å². The van der Waals surface area contributed by atoms with Crippen LogP contribution in [0.4, 0.5) is 36.7 Å². The molecular weight excluding hydrogens is 576 g/mol. The summed E-state index contributed by atoms with van der Waals surface area (Å²) in [4.78, 5) is 50.5. The van der Waals surface area contributed by atoms with Crippen molar-refractivity contribution < 1.29 is 32.6 Å². The van der Waals surface area contributed by atoms with Gasteiger partial charge >= 0.3 is 12.0 Å². The van der Waals surface area contributed by atoms with Crippen molar-refractivity contribution in [3.63, 3.8) is 0 Å². The largest absolute Gasteiger partial charge is 0.495 e. The molecule has 2 N–H and O–H groups in total. The van der Waals surface area contributed by atoms with Crippen LogP contribution in [0.5, 0.6) is 5.75 Å². The zero-order chi connectivity index (χ0) is 31.8. The molecule has 2 aliphatic heterocycles. The predicted molar refractivity (Wildman–Crippen MR) is 160 cm³/mol. The smallest absolute Gasteiger partial charge is 0.410 e. The summed E-state index contributed by atoms with van der Waals surface area (Å²) in [6, 6.07) is 4.69. The number of anilines is 4. The number of hydrogen-bond acceptors (Lipinski definition) is 9. The highest BCUT2D eigenvalue weighted by atomic mass is 19.3. The van der Waals surface area contributed by atoms with E-state index in [0.29, 0.717) is 36.6 Å². The molecule has 0 spiro atoms. The maximum absolute atomic E-state index is 14.9. The van der Waals surface area contributed by atoms with Gasteiger partial charge in [0.25, 0.3) is 11.8 Å². The first kappa shape index (κ1) is 31.2. The normalized spacial score (nSPS) is 18.8. The minimum absolute atomic E-state index is 0.123. The van der Waals surface area contributed by atoms with E-state index in [1.54, 1.807) is 23.1 Å². The molecule has 238 valence electrons. The number of halogens is 2. The number of ether oxygens (including phenoxy) is 2. The van der Waals surface area contributed by atoms with Crippen molar-refractivity contribution in [3.05, 3.63) is 30.0 Å². The summed E-state index contributed by atoms with van der Waals surface area (Å²) in [5, 5.41) is 5.97. The van der Waals surface area contributed by atoms with Gasteiger partial charge in [0, 0.05) is 44.2 Å². The molecule has 1 saturated heterocycles. The van der Waals surface area contributed by atoms with Crippen LogP contribution in [0.3, 0.4) is 0 Å². The van der Waals surface area contributed by atoms with Crippen LogP contribution in [0.15, 0.2) is 24.4 Å². The summed E-state index contributed by atoms with van der Waals surface area (Å²) in [5.74, 6) is -4.29. The highest BCUT2D eigenvalue weighted by Crippen LogP contribution is 2.40. The van der Waals surface area contributed by atoms with E-state index in [2.05, 4.69) is 20.6 Å². The standard InChI is InChI=1S/C30H39F2N7O5/c1-29(2,3)44-28(42)38-15-18(16-38)13-33-25(40)19-10-11-21(23(12-19)43-5)35-27-34-14-22-24(36-27)39(20-8-6-7-9-20)17-30(31,32)26(41)37(22)4/h10-12,14,18,20H,6-9,13,15-17H2,1-5H3,(H,33,40)(H,34,35,36). The molecule has 2 fully saturated rings. The number of fused-ring (bicyclic) bond motifs is 1. The van der Waals surface area contributed by atoms with E-state index in [-0.39, 0.29) is 41.4 Å². The Balaban J connectivity index is 1.26. The number of rotatable bonds is 7. The number of carbonyl (C=O) groups excluding carboxylic acids is 3. The number of amides is 3. The molecule has 0 bridgehead atoms. The zero-order valence-corrected chi connectivity index (χ0v) is 25.7. The predicted octanol–water partition coefficient (Wildman–Crippen LogP) is 4.19. The number of nitrogens with one attached hydrogen (secondary N) is 2. The molecule has 3 amide bonds. The lowest BCUT2D eigenvalue weighted by Gasteiger charge is -2.39. The summed E-state index contributed by atoms with van der Waals surface area (Å²) in [6.07, 6.45) is 4.32. The molecule has 2 aromatic rings. The van der Waals surface area contributed by atoms with Gasteiger partial charge in [-0.15, -0.1) is 0 Å². The lowest BCUT2D eigenvalue weighted by Crippen LogP contribution is -2.54. The van der Waals surface area contributed by atoms with Gasteiger partial charge in [0.05, 0.1) is 25.5 Å². The Morgan fingerprint density at radius 2 is 1.86 bits per heavy atom. The molecule has 44 heavy (non-hydrogen) atoms. The summed E-state index contributed by atoms with van der Waals surface area (Å²) >= 11 is 0. The van der Waals surface area contributed by atoms with Gasteiger partial charge in [-0.25, -0.2) is 9.78 Å². The maximum atomic E-state index is 14.9. The number of alkyl halides is 2. The Labute approximate surface area is 255 Å². The highest BCUT2D eigenvalue weighted by Gasteiger charge is 2.48. The van der Waals surface area contributed by atoms with Crippen LogP contribution in [0.25, 0.3) is 0 Å². The van der Waals surface area contributed by atoms with Crippen LogP contribution >= 0.6 is 0 Å². The van der Waals surface area contributed by atoms with Crippen molar-refractivity contribution in [2.45, 2.75) is 64.0 Å². The van der Waals surface area contributed by atoms with Crippen LogP contribution in [-0.4, -0.2) is 90.7 Å². The van der Waals surface area contributed by atoms with Crippen molar-refractivity contribution in [1.82, 2.24) is 20.2 Å². The molecule has 0 atom stereocenters. The monoisotopic (exact) mass is 615 g/mol. The molecule has 0 unspecified atom stereocenters. The van der Waals surface area contributed by atoms with Gasteiger partial charge in [0.15, 0.2) is 5.82 Å².